The van der Waals surface area contributed by atoms with Gasteiger partial charge in [-0.05, 0) is 25.0 Å². The monoisotopic (exact) mass is 395 g/mol. The smallest absolute Gasteiger partial charge is 0.260 e. The van der Waals surface area contributed by atoms with Crippen LogP contribution >= 0.6 is 11.6 Å². The fourth-order valence-corrected chi connectivity index (χ4v) is 5.31. The quantitative estimate of drug-likeness (QED) is 0.752. The molecule has 0 N–H and O–H groups in total. The van der Waals surface area contributed by atoms with Gasteiger partial charge >= 0.3 is 0 Å². The number of carbonyl (C=O) groups excluding carboxylic acids is 1. The van der Waals surface area contributed by atoms with Gasteiger partial charge in [-0.15, -0.1) is 0 Å². The Morgan fingerprint density at radius 1 is 1.23 bits per heavy atom. The number of fused-ring (bicyclic) bond motifs is 1. The standard InChI is InChI=1S/C19H22ClNO4S/c1-2-10-21(14-9-11-26(23,24)13-14)19(22)12-25-18-8-7-17(20)15-5-3-4-6-16(15)18/h3-8,14H,2,9-13H2,1H3. The maximum atomic E-state index is 12.7. The van der Waals surface area contributed by atoms with Gasteiger partial charge in [0.15, 0.2) is 16.4 Å². The third kappa shape index (κ3) is 4.13. The molecule has 3 rings (SSSR count). The van der Waals surface area contributed by atoms with Crippen molar-refractivity contribution in [2.75, 3.05) is 24.7 Å². The Labute approximate surface area is 158 Å². The van der Waals surface area contributed by atoms with Gasteiger partial charge in [-0.25, -0.2) is 8.42 Å². The summed E-state index contributed by atoms with van der Waals surface area (Å²) in [4.78, 5) is 14.3. The van der Waals surface area contributed by atoms with Gasteiger partial charge in [-0.1, -0.05) is 42.8 Å². The lowest BCUT2D eigenvalue weighted by Gasteiger charge is -2.28. The second-order valence-corrected chi connectivity index (χ2v) is 9.16. The third-order valence-electron chi connectivity index (χ3n) is 4.62. The first-order chi connectivity index (χ1) is 12.4. The number of hydrogen-bond donors (Lipinski definition) is 0. The van der Waals surface area contributed by atoms with Crippen LogP contribution in [0.3, 0.4) is 0 Å². The van der Waals surface area contributed by atoms with Crippen LogP contribution < -0.4 is 4.74 Å². The molecule has 1 atom stereocenters. The van der Waals surface area contributed by atoms with Crippen LogP contribution in [-0.4, -0.2) is 49.9 Å². The van der Waals surface area contributed by atoms with Crippen molar-refractivity contribution >= 4 is 38.1 Å². The largest absolute Gasteiger partial charge is 0.483 e. The highest BCUT2D eigenvalue weighted by Gasteiger charge is 2.34. The van der Waals surface area contributed by atoms with Crippen LogP contribution in [0.25, 0.3) is 10.8 Å². The Hall–Kier alpha value is -1.79. The third-order valence-corrected chi connectivity index (χ3v) is 6.70. The molecular weight excluding hydrogens is 374 g/mol. The Morgan fingerprint density at radius 2 is 1.96 bits per heavy atom. The van der Waals surface area contributed by atoms with Crippen LogP contribution in [0.4, 0.5) is 0 Å². The van der Waals surface area contributed by atoms with E-state index in [1.807, 2.05) is 31.2 Å². The fraction of sp³-hybridized carbons (Fsp3) is 0.421. The molecule has 1 saturated heterocycles. The summed E-state index contributed by atoms with van der Waals surface area (Å²) in [6.45, 7) is 2.38. The van der Waals surface area contributed by atoms with E-state index in [0.717, 1.165) is 17.2 Å². The maximum Gasteiger partial charge on any atom is 0.260 e. The number of carbonyl (C=O) groups is 1. The van der Waals surface area contributed by atoms with Crippen molar-refractivity contribution < 1.29 is 17.9 Å². The summed E-state index contributed by atoms with van der Waals surface area (Å²) < 4.78 is 29.3. The minimum Gasteiger partial charge on any atom is -0.483 e. The van der Waals surface area contributed by atoms with E-state index in [2.05, 4.69) is 0 Å². The molecule has 0 spiro atoms. The summed E-state index contributed by atoms with van der Waals surface area (Å²) in [6, 6.07) is 10.8. The minimum absolute atomic E-state index is 0.0443. The molecule has 1 unspecified atom stereocenters. The molecule has 1 aliphatic rings. The van der Waals surface area contributed by atoms with E-state index in [0.29, 0.717) is 23.7 Å². The maximum absolute atomic E-state index is 12.7. The van der Waals surface area contributed by atoms with Crippen molar-refractivity contribution in [1.82, 2.24) is 4.90 Å². The molecule has 1 aliphatic heterocycles. The topological polar surface area (TPSA) is 63.7 Å². The lowest BCUT2D eigenvalue weighted by atomic mass is 10.1. The van der Waals surface area contributed by atoms with Gasteiger partial charge in [0.05, 0.1) is 11.5 Å². The van der Waals surface area contributed by atoms with Gasteiger partial charge in [0.1, 0.15) is 5.75 Å². The zero-order chi connectivity index (χ0) is 18.7. The zero-order valence-electron chi connectivity index (χ0n) is 14.7. The number of ether oxygens (including phenoxy) is 1. The second kappa shape index (κ2) is 7.84. The van der Waals surface area contributed by atoms with Gasteiger partial charge in [0.2, 0.25) is 0 Å². The van der Waals surface area contributed by atoms with Gasteiger partial charge in [0.25, 0.3) is 5.91 Å². The van der Waals surface area contributed by atoms with E-state index < -0.39 is 9.84 Å². The van der Waals surface area contributed by atoms with E-state index in [1.54, 1.807) is 17.0 Å². The normalized spacial score (nSPS) is 18.8. The summed E-state index contributed by atoms with van der Waals surface area (Å²) in [6.07, 6.45) is 1.27. The molecule has 0 aliphatic carbocycles. The predicted octanol–water partition coefficient (Wildman–Crippen LogP) is 3.30. The molecule has 2 aromatic rings. The van der Waals surface area contributed by atoms with Crippen LogP contribution in [0.2, 0.25) is 5.02 Å². The van der Waals surface area contributed by atoms with Crippen molar-refractivity contribution in [2.24, 2.45) is 0 Å². The van der Waals surface area contributed by atoms with Gasteiger partial charge in [-0.2, -0.15) is 0 Å². The predicted molar refractivity (Wildman–Crippen MR) is 104 cm³/mol. The van der Waals surface area contributed by atoms with Gasteiger partial charge < -0.3 is 9.64 Å². The Balaban J connectivity index is 1.74. The summed E-state index contributed by atoms with van der Waals surface area (Å²) in [5.41, 5.74) is 0. The zero-order valence-corrected chi connectivity index (χ0v) is 16.2. The molecule has 140 valence electrons. The van der Waals surface area contributed by atoms with E-state index in [9.17, 15) is 13.2 Å². The van der Waals surface area contributed by atoms with Crippen LogP contribution in [0.5, 0.6) is 5.75 Å². The van der Waals surface area contributed by atoms with E-state index in [4.69, 9.17) is 16.3 Å². The fourth-order valence-electron chi connectivity index (χ4n) is 3.36. The first-order valence-corrected chi connectivity index (χ1v) is 10.9. The van der Waals surface area contributed by atoms with Crippen LogP contribution in [-0.2, 0) is 14.6 Å². The highest BCUT2D eigenvalue weighted by molar-refractivity contribution is 7.91. The van der Waals surface area contributed by atoms with Crippen LogP contribution in [0.15, 0.2) is 36.4 Å². The number of benzene rings is 2. The highest BCUT2D eigenvalue weighted by Crippen LogP contribution is 2.31. The lowest BCUT2D eigenvalue weighted by molar-refractivity contribution is -0.135. The Bertz CT molecular complexity index is 913. The first kappa shape index (κ1) is 19.0. The molecule has 0 bridgehead atoms. The molecule has 0 radical (unpaired) electrons. The van der Waals surface area contributed by atoms with Crippen LogP contribution in [0, 0.1) is 0 Å². The molecule has 0 aromatic heterocycles. The molecular formula is C19H22ClNO4S. The van der Waals surface area contributed by atoms with Crippen molar-refractivity contribution in [3.63, 3.8) is 0 Å². The number of halogens is 1. The summed E-state index contributed by atoms with van der Waals surface area (Å²) in [7, 11) is -3.04. The summed E-state index contributed by atoms with van der Waals surface area (Å²) in [5, 5.41) is 2.34. The Morgan fingerprint density at radius 3 is 2.62 bits per heavy atom. The number of sulfone groups is 1. The number of nitrogens with zero attached hydrogens (tertiary/aromatic N) is 1. The Kier molecular flexibility index (Phi) is 5.73. The SMILES string of the molecule is CCCN(C(=O)COc1ccc(Cl)c2ccccc12)C1CCS(=O)(=O)C1. The van der Waals surface area contributed by atoms with Crippen molar-refractivity contribution in [2.45, 2.75) is 25.8 Å². The molecule has 0 saturated carbocycles. The van der Waals surface area contributed by atoms with Crippen molar-refractivity contribution in [1.29, 1.82) is 0 Å². The van der Waals surface area contributed by atoms with Gasteiger partial charge in [0, 0.05) is 28.4 Å². The number of hydrogen-bond acceptors (Lipinski definition) is 4. The number of rotatable bonds is 6. The minimum atomic E-state index is -3.04. The van der Waals surface area contributed by atoms with Crippen molar-refractivity contribution in [3.05, 3.63) is 41.4 Å². The van der Waals surface area contributed by atoms with E-state index in [-0.39, 0.29) is 30.1 Å². The van der Waals surface area contributed by atoms with Gasteiger partial charge in [-0.3, -0.25) is 4.79 Å². The highest BCUT2D eigenvalue weighted by atomic mass is 35.5. The van der Waals surface area contributed by atoms with E-state index in [1.165, 1.54) is 0 Å². The molecule has 5 nitrogen and oxygen atoms in total. The molecule has 26 heavy (non-hydrogen) atoms. The first-order valence-electron chi connectivity index (χ1n) is 8.71. The molecule has 1 fully saturated rings. The molecule has 1 amide bonds. The molecule has 1 heterocycles. The molecule has 2 aromatic carbocycles. The molecule has 7 heteroatoms. The van der Waals surface area contributed by atoms with Crippen LogP contribution in [0.1, 0.15) is 19.8 Å². The lowest BCUT2D eigenvalue weighted by Crippen LogP contribution is -2.44. The summed E-state index contributed by atoms with van der Waals surface area (Å²) in [5.74, 6) is 0.595. The van der Waals surface area contributed by atoms with Crippen molar-refractivity contribution in [3.8, 4) is 5.75 Å². The average molecular weight is 396 g/mol. The second-order valence-electron chi connectivity index (χ2n) is 6.52. The average Bonchev–Trinajstić information content (AvgIpc) is 2.98. The number of amides is 1. The summed E-state index contributed by atoms with van der Waals surface area (Å²) >= 11 is 6.21. The van der Waals surface area contributed by atoms with E-state index >= 15 is 0 Å².